The van der Waals surface area contributed by atoms with Gasteiger partial charge in [-0.15, -0.1) is 0 Å². The molecule has 2 aromatic rings. The predicted octanol–water partition coefficient (Wildman–Crippen LogP) is 3.62. The number of hydrogen-bond acceptors (Lipinski definition) is 1. The molecule has 2 rings (SSSR count). The number of nitrogens with two attached hydrogens (primary N) is 1. The van der Waals surface area contributed by atoms with E-state index >= 15 is 0 Å². The van der Waals surface area contributed by atoms with Gasteiger partial charge in [0.2, 0.25) is 0 Å². The van der Waals surface area contributed by atoms with Gasteiger partial charge >= 0.3 is 0 Å². The fourth-order valence-electron chi connectivity index (χ4n) is 1.57. The van der Waals surface area contributed by atoms with E-state index in [-0.39, 0.29) is 0 Å². The molecule has 4 heteroatoms. The molecule has 0 aliphatic carbocycles. The second-order valence-corrected chi connectivity index (χ2v) is 4.95. The van der Waals surface area contributed by atoms with Crippen molar-refractivity contribution in [1.82, 2.24) is 0 Å². The summed E-state index contributed by atoms with van der Waals surface area (Å²) in [6, 6.07) is 10.9. The summed E-state index contributed by atoms with van der Waals surface area (Å²) < 4.78 is 27.0. The van der Waals surface area contributed by atoms with E-state index in [1.807, 2.05) is 24.3 Å². The third-order valence-corrected chi connectivity index (χ3v) is 3.25. The molecule has 0 aromatic heterocycles. The highest BCUT2D eigenvalue weighted by Gasteiger charge is 2.11. The molecule has 0 radical (unpaired) electrons. The molecular formula is C13H10F2IN. The molecule has 0 fully saturated rings. The van der Waals surface area contributed by atoms with Gasteiger partial charge in [0.15, 0.2) is 11.6 Å². The molecule has 1 nitrogen and oxygen atoms in total. The molecule has 2 N–H and O–H groups in total. The lowest BCUT2D eigenvalue weighted by Gasteiger charge is -2.12. The summed E-state index contributed by atoms with van der Waals surface area (Å²) in [6.45, 7) is 0. The molecule has 0 heterocycles. The highest BCUT2D eigenvalue weighted by atomic mass is 127. The zero-order valence-corrected chi connectivity index (χ0v) is 11.0. The van der Waals surface area contributed by atoms with E-state index in [0.717, 1.165) is 21.3 Å². The molecule has 2 aromatic carbocycles. The largest absolute Gasteiger partial charge is 0.320 e. The molecule has 17 heavy (non-hydrogen) atoms. The Hall–Kier alpha value is -1.01. The normalized spacial score (nSPS) is 12.5. The van der Waals surface area contributed by atoms with Gasteiger partial charge in [-0.1, -0.05) is 18.2 Å². The Morgan fingerprint density at radius 3 is 2.06 bits per heavy atom. The van der Waals surface area contributed by atoms with Crippen LogP contribution in [0.2, 0.25) is 0 Å². The number of benzene rings is 2. The lowest BCUT2D eigenvalue weighted by Crippen LogP contribution is -2.12. The van der Waals surface area contributed by atoms with Gasteiger partial charge < -0.3 is 5.73 Å². The zero-order chi connectivity index (χ0) is 12.4. The second kappa shape index (κ2) is 5.10. The van der Waals surface area contributed by atoms with Crippen LogP contribution in [-0.2, 0) is 0 Å². The molecule has 1 unspecified atom stereocenters. The van der Waals surface area contributed by atoms with Gasteiger partial charge in [0.25, 0.3) is 0 Å². The topological polar surface area (TPSA) is 26.0 Å². The van der Waals surface area contributed by atoms with Crippen LogP contribution < -0.4 is 5.73 Å². The Kier molecular flexibility index (Phi) is 3.73. The quantitative estimate of drug-likeness (QED) is 0.827. The average Bonchev–Trinajstić information content (AvgIpc) is 2.33. The fraction of sp³-hybridized carbons (Fsp3) is 0.0769. The average molecular weight is 345 g/mol. The predicted molar refractivity (Wildman–Crippen MR) is 71.5 cm³/mol. The second-order valence-electron chi connectivity index (χ2n) is 3.70. The number of rotatable bonds is 2. The highest BCUT2D eigenvalue weighted by Crippen LogP contribution is 2.22. The first-order chi connectivity index (χ1) is 8.08. The minimum Gasteiger partial charge on any atom is -0.320 e. The van der Waals surface area contributed by atoms with Crippen LogP contribution in [0.5, 0.6) is 0 Å². The summed E-state index contributed by atoms with van der Waals surface area (Å²) in [4.78, 5) is 0. The van der Waals surface area contributed by atoms with Gasteiger partial charge in [0.05, 0.1) is 6.04 Å². The van der Waals surface area contributed by atoms with Gasteiger partial charge in [-0.2, -0.15) is 0 Å². The van der Waals surface area contributed by atoms with Crippen molar-refractivity contribution >= 4 is 22.6 Å². The summed E-state index contributed by atoms with van der Waals surface area (Å²) in [5.74, 6) is -1.73. The monoisotopic (exact) mass is 345 g/mol. The van der Waals surface area contributed by atoms with Crippen molar-refractivity contribution < 1.29 is 8.78 Å². The van der Waals surface area contributed by atoms with Gasteiger partial charge in [-0.05, 0) is 58.0 Å². The Labute approximate surface area is 112 Å². The maximum Gasteiger partial charge on any atom is 0.159 e. The molecule has 1 atom stereocenters. The lowest BCUT2D eigenvalue weighted by atomic mass is 10.00. The SMILES string of the molecule is NC(c1ccc(I)cc1)c1ccc(F)c(F)c1. The van der Waals surface area contributed by atoms with Crippen LogP contribution >= 0.6 is 22.6 Å². The Morgan fingerprint density at radius 2 is 1.47 bits per heavy atom. The summed E-state index contributed by atoms with van der Waals surface area (Å²) >= 11 is 2.19. The minimum absolute atomic E-state index is 0.443. The van der Waals surface area contributed by atoms with Crippen molar-refractivity contribution in [2.24, 2.45) is 5.73 Å². The minimum atomic E-state index is -0.872. The fourth-order valence-corrected chi connectivity index (χ4v) is 1.93. The van der Waals surface area contributed by atoms with E-state index in [0.29, 0.717) is 5.56 Å². The van der Waals surface area contributed by atoms with Crippen LogP contribution in [0.25, 0.3) is 0 Å². The standard InChI is InChI=1S/C13H10F2IN/c14-11-6-3-9(7-12(11)15)13(17)8-1-4-10(16)5-2-8/h1-7,13H,17H2. The Bertz CT molecular complexity index is 525. The van der Waals surface area contributed by atoms with Gasteiger partial charge in [-0.25, -0.2) is 8.78 Å². The Morgan fingerprint density at radius 1 is 0.882 bits per heavy atom. The van der Waals surface area contributed by atoms with E-state index < -0.39 is 17.7 Å². The first-order valence-electron chi connectivity index (χ1n) is 5.04. The molecular weight excluding hydrogens is 335 g/mol. The first-order valence-corrected chi connectivity index (χ1v) is 6.12. The van der Waals surface area contributed by atoms with Crippen molar-refractivity contribution in [3.8, 4) is 0 Å². The van der Waals surface area contributed by atoms with E-state index in [2.05, 4.69) is 22.6 Å². The third-order valence-electron chi connectivity index (χ3n) is 2.53. The van der Waals surface area contributed by atoms with E-state index in [1.54, 1.807) is 0 Å². The molecule has 0 saturated carbocycles. The third kappa shape index (κ3) is 2.81. The smallest absolute Gasteiger partial charge is 0.159 e. The first kappa shape index (κ1) is 12.4. The maximum atomic E-state index is 13.1. The van der Waals surface area contributed by atoms with Crippen molar-refractivity contribution in [3.63, 3.8) is 0 Å². The summed E-state index contributed by atoms with van der Waals surface area (Å²) in [6.07, 6.45) is 0. The van der Waals surface area contributed by atoms with Crippen LogP contribution in [0.15, 0.2) is 42.5 Å². The van der Waals surface area contributed by atoms with E-state index in [9.17, 15) is 8.78 Å². The Balaban J connectivity index is 2.33. The summed E-state index contributed by atoms with van der Waals surface area (Å²) in [7, 11) is 0. The van der Waals surface area contributed by atoms with Crippen LogP contribution in [0.4, 0.5) is 8.78 Å². The molecule has 0 aliphatic heterocycles. The van der Waals surface area contributed by atoms with Crippen molar-refractivity contribution in [2.75, 3.05) is 0 Å². The summed E-state index contributed by atoms with van der Waals surface area (Å²) in [5, 5.41) is 0. The molecule has 0 aliphatic rings. The van der Waals surface area contributed by atoms with E-state index in [4.69, 9.17) is 5.73 Å². The summed E-state index contributed by atoms with van der Waals surface area (Å²) in [5.41, 5.74) is 7.43. The van der Waals surface area contributed by atoms with Crippen LogP contribution in [-0.4, -0.2) is 0 Å². The van der Waals surface area contributed by atoms with Crippen molar-refractivity contribution in [2.45, 2.75) is 6.04 Å². The molecule has 0 bridgehead atoms. The zero-order valence-electron chi connectivity index (χ0n) is 8.83. The van der Waals surface area contributed by atoms with Crippen LogP contribution in [0, 0.1) is 15.2 Å². The van der Waals surface area contributed by atoms with Crippen molar-refractivity contribution in [3.05, 3.63) is 68.8 Å². The van der Waals surface area contributed by atoms with Gasteiger partial charge in [0.1, 0.15) is 0 Å². The molecule has 0 amide bonds. The number of halogens is 3. The maximum absolute atomic E-state index is 13.1. The highest BCUT2D eigenvalue weighted by molar-refractivity contribution is 14.1. The number of hydrogen-bond donors (Lipinski definition) is 1. The van der Waals surface area contributed by atoms with Gasteiger partial charge in [0, 0.05) is 3.57 Å². The van der Waals surface area contributed by atoms with E-state index in [1.165, 1.54) is 6.07 Å². The van der Waals surface area contributed by atoms with Crippen LogP contribution in [0.1, 0.15) is 17.2 Å². The molecule has 88 valence electrons. The molecule has 0 saturated heterocycles. The van der Waals surface area contributed by atoms with Gasteiger partial charge in [-0.3, -0.25) is 0 Å². The molecule has 0 spiro atoms. The van der Waals surface area contributed by atoms with Crippen LogP contribution in [0.3, 0.4) is 0 Å². The van der Waals surface area contributed by atoms with Crippen molar-refractivity contribution in [1.29, 1.82) is 0 Å². The lowest BCUT2D eigenvalue weighted by molar-refractivity contribution is 0.506.